The van der Waals surface area contributed by atoms with Gasteiger partial charge < -0.3 is 5.32 Å². The van der Waals surface area contributed by atoms with E-state index in [1.807, 2.05) is 12.4 Å². The number of aromatic nitrogens is 1. The van der Waals surface area contributed by atoms with Gasteiger partial charge in [0, 0.05) is 18.9 Å². The average molecular weight is 240 g/mol. The maximum absolute atomic E-state index is 4.10. The highest BCUT2D eigenvalue weighted by Gasteiger charge is 1.97. The van der Waals surface area contributed by atoms with Gasteiger partial charge in [-0.3, -0.25) is 4.98 Å². The number of hydrogen-bond acceptors (Lipinski definition) is 2. The van der Waals surface area contributed by atoms with Crippen LogP contribution in [0.3, 0.4) is 0 Å². The van der Waals surface area contributed by atoms with Crippen molar-refractivity contribution >= 4 is 0 Å². The van der Waals surface area contributed by atoms with Crippen molar-refractivity contribution in [3.8, 4) is 0 Å². The zero-order chi connectivity index (χ0) is 12.6. The molecule has 0 fully saturated rings. The molecule has 0 aliphatic heterocycles. The van der Waals surface area contributed by atoms with E-state index in [-0.39, 0.29) is 0 Å². The lowest BCUT2D eigenvalue weighted by Crippen LogP contribution is -2.16. The molecule has 0 radical (unpaired) electrons. The van der Waals surface area contributed by atoms with Crippen molar-refractivity contribution in [2.24, 2.45) is 0 Å². The largest absolute Gasteiger partial charge is 0.313 e. The fraction of sp³-hybridized carbons (Fsp3) is 0.312. The van der Waals surface area contributed by atoms with Gasteiger partial charge in [0.2, 0.25) is 0 Å². The van der Waals surface area contributed by atoms with Crippen LogP contribution in [-0.2, 0) is 13.0 Å². The molecule has 0 saturated heterocycles. The van der Waals surface area contributed by atoms with Gasteiger partial charge in [-0.2, -0.15) is 0 Å². The van der Waals surface area contributed by atoms with Crippen LogP contribution < -0.4 is 5.32 Å². The molecule has 0 amide bonds. The lowest BCUT2D eigenvalue weighted by molar-refractivity contribution is 0.647. The zero-order valence-electron chi connectivity index (χ0n) is 10.9. The van der Waals surface area contributed by atoms with E-state index in [4.69, 9.17) is 0 Å². The van der Waals surface area contributed by atoms with E-state index in [1.54, 1.807) is 0 Å². The van der Waals surface area contributed by atoms with Crippen molar-refractivity contribution in [3.05, 3.63) is 65.5 Å². The Morgan fingerprint density at radius 1 is 1.11 bits per heavy atom. The average Bonchev–Trinajstić information content (AvgIpc) is 2.42. The van der Waals surface area contributed by atoms with Crippen LogP contribution in [0.25, 0.3) is 0 Å². The van der Waals surface area contributed by atoms with E-state index >= 15 is 0 Å². The quantitative estimate of drug-likeness (QED) is 0.785. The van der Waals surface area contributed by atoms with E-state index in [1.165, 1.54) is 23.1 Å². The maximum atomic E-state index is 4.10. The van der Waals surface area contributed by atoms with Gasteiger partial charge in [0.05, 0.1) is 0 Å². The van der Waals surface area contributed by atoms with Crippen LogP contribution in [0.1, 0.15) is 23.1 Å². The van der Waals surface area contributed by atoms with Gasteiger partial charge in [-0.05, 0) is 49.1 Å². The lowest BCUT2D eigenvalue weighted by Gasteiger charge is -2.07. The Hall–Kier alpha value is -1.67. The zero-order valence-corrected chi connectivity index (χ0v) is 10.9. The molecule has 2 heteroatoms. The standard InChI is InChI=1S/C16H20N2/c1-14-12-18-11-9-16(14)13-17-10-5-8-15-6-3-2-4-7-15/h2-4,6-7,9,11-12,17H,5,8,10,13H2,1H3. The Labute approximate surface area is 109 Å². The fourth-order valence-electron chi connectivity index (χ4n) is 1.99. The molecule has 1 aromatic carbocycles. The Kier molecular flexibility index (Phi) is 4.91. The lowest BCUT2D eigenvalue weighted by atomic mass is 10.1. The summed E-state index contributed by atoms with van der Waals surface area (Å²) in [5.41, 5.74) is 4.01. The van der Waals surface area contributed by atoms with E-state index in [2.05, 4.69) is 53.6 Å². The minimum absolute atomic E-state index is 0.934. The molecule has 1 aromatic heterocycles. The van der Waals surface area contributed by atoms with Gasteiger partial charge in [-0.25, -0.2) is 0 Å². The predicted molar refractivity (Wildman–Crippen MR) is 75.4 cm³/mol. The molecular weight excluding hydrogens is 220 g/mol. The fourth-order valence-corrected chi connectivity index (χ4v) is 1.99. The first-order chi connectivity index (χ1) is 8.86. The normalized spacial score (nSPS) is 10.5. The summed E-state index contributed by atoms with van der Waals surface area (Å²) in [6, 6.07) is 12.7. The summed E-state index contributed by atoms with van der Waals surface area (Å²) in [6.07, 6.45) is 6.09. The Bertz CT molecular complexity index is 466. The Morgan fingerprint density at radius 3 is 2.72 bits per heavy atom. The van der Waals surface area contributed by atoms with Crippen molar-refractivity contribution in [3.63, 3.8) is 0 Å². The van der Waals surface area contributed by atoms with Crippen LogP contribution in [0.4, 0.5) is 0 Å². The van der Waals surface area contributed by atoms with E-state index in [0.717, 1.165) is 19.5 Å². The number of aryl methyl sites for hydroxylation is 2. The van der Waals surface area contributed by atoms with Gasteiger partial charge in [-0.15, -0.1) is 0 Å². The summed E-state index contributed by atoms with van der Waals surface area (Å²) in [4.78, 5) is 4.10. The summed E-state index contributed by atoms with van der Waals surface area (Å²) in [5.74, 6) is 0. The monoisotopic (exact) mass is 240 g/mol. The van der Waals surface area contributed by atoms with Crippen molar-refractivity contribution in [1.82, 2.24) is 10.3 Å². The summed E-state index contributed by atoms with van der Waals surface area (Å²) in [6.45, 7) is 4.09. The second-order valence-electron chi connectivity index (χ2n) is 4.57. The minimum Gasteiger partial charge on any atom is -0.313 e. The topological polar surface area (TPSA) is 24.9 Å². The number of pyridine rings is 1. The van der Waals surface area contributed by atoms with E-state index in [9.17, 15) is 0 Å². The molecule has 2 nitrogen and oxygen atoms in total. The molecule has 94 valence electrons. The molecule has 1 N–H and O–H groups in total. The van der Waals surface area contributed by atoms with Crippen molar-refractivity contribution in [1.29, 1.82) is 0 Å². The molecule has 18 heavy (non-hydrogen) atoms. The van der Waals surface area contributed by atoms with E-state index < -0.39 is 0 Å². The van der Waals surface area contributed by atoms with Crippen LogP contribution in [0.15, 0.2) is 48.8 Å². The minimum atomic E-state index is 0.934. The molecule has 1 heterocycles. The molecule has 0 unspecified atom stereocenters. The summed E-state index contributed by atoms with van der Waals surface area (Å²) < 4.78 is 0. The second kappa shape index (κ2) is 6.92. The van der Waals surface area contributed by atoms with Crippen LogP contribution in [0.5, 0.6) is 0 Å². The van der Waals surface area contributed by atoms with Crippen LogP contribution in [0.2, 0.25) is 0 Å². The highest BCUT2D eigenvalue weighted by molar-refractivity contribution is 5.21. The molecular formula is C16H20N2. The third-order valence-corrected chi connectivity index (χ3v) is 3.11. The third kappa shape index (κ3) is 3.97. The summed E-state index contributed by atoms with van der Waals surface area (Å²) >= 11 is 0. The van der Waals surface area contributed by atoms with Gasteiger partial charge in [0.1, 0.15) is 0 Å². The number of rotatable bonds is 6. The van der Waals surface area contributed by atoms with E-state index in [0.29, 0.717) is 0 Å². The smallest absolute Gasteiger partial charge is 0.0300 e. The van der Waals surface area contributed by atoms with Gasteiger partial charge >= 0.3 is 0 Å². The summed E-state index contributed by atoms with van der Waals surface area (Å²) in [7, 11) is 0. The molecule has 0 spiro atoms. The van der Waals surface area contributed by atoms with Crippen LogP contribution in [0, 0.1) is 6.92 Å². The third-order valence-electron chi connectivity index (χ3n) is 3.11. The predicted octanol–water partition coefficient (Wildman–Crippen LogP) is 3.11. The highest BCUT2D eigenvalue weighted by atomic mass is 14.8. The Morgan fingerprint density at radius 2 is 1.94 bits per heavy atom. The van der Waals surface area contributed by atoms with Gasteiger partial charge in [0.15, 0.2) is 0 Å². The number of nitrogens with zero attached hydrogens (tertiary/aromatic N) is 1. The number of hydrogen-bond donors (Lipinski definition) is 1. The molecule has 0 aliphatic carbocycles. The number of benzene rings is 1. The van der Waals surface area contributed by atoms with Gasteiger partial charge in [0.25, 0.3) is 0 Å². The first-order valence-corrected chi connectivity index (χ1v) is 6.50. The first-order valence-electron chi connectivity index (χ1n) is 6.50. The first kappa shape index (κ1) is 12.8. The van der Waals surface area contributed by atoms with Crippen molar-refractivity contribution in [2.75, 3.05) is 6.54 Å². The second-order valence-corrected chi connectivity index (χ2v) is 4.57. The molecule has 0 bridgehead atoms. The molecule has 0 atom stereocenters. The van der Waals surface area contributed by atoms with Crippen LogP contribution >= 0.6 is 0 Å². The molecule has 0 aliphatic rings. The van der Waals surface area contributed by atoms with Crippen molar-refractivity contribution < 1.29 is 0 Å². The molecule has 2 aromatic rings. The Balaban J connectivity index is 1.66. The van der Waals surface area contributed by atoms with Crippen molar-refractivity contribution in [2.45, 2.75) is 26.3 Å². The van der Waals surface area contributed by atoms with Crippen LogP contribution in [-0.4, -0.2) is 11.5 Å². The maximum Gasteiger partial charge on any atom is 0.0300 e. The molecule has 0 saturated carbocycles. The van der Waals surface area contributed by atoms with Gasteiger partial charge in [-0.1, -0.05) is 30.3 Å². The summed E-state index contributed by atoms with van der Waals surface area (Å²) in [5, 5.41) is 3.48. The highest BCUT2D eigenvalue weighted by Crippen LogP contribution is 2.05. The number of nitrogens with one attached hydrogen (secondary N) is 1. The molecule has 2 rings (SSSR count). The SMILES string of the molecule is Cc1cnccc1CNCCCc1ccccc1.